The van der Waals surface area contributed by atoms with Crippen LogP contribution in [0.4, 0.5) is 17.1 Å². The first-order valence-electron chi connectivity index (χ1n) is 8.83. The normalized spacial score (nSPS) is 12.8. The molecule has 0 radical (unpaired) electrons. The fourth-order valence-corrected chi connectivity index (χ4v) is 3.01. The average molecular weight is 409 g/mol. The summed E-state index contributed by atoms with van der Waals surface area (Å²) in [7, 11) is 0. The fourth-order valence-electron chi connectivity index (χ4n) is 3.01. The number of amides is 2. The summed E-state index contributed by atoms with van der Waals surface area (Å²) in [5.74, 6) is -0.0127. The lowest BCUT2D eigenvalue weighted by atomic mass is 10.1. The summed E-state index contributed by atoms with van der Waals surface area (Å²) < 4.78 is 10.3. The molecule has 2 heterocycles. The third-order valence-electron chi connectivity index (χ3n) is 4.37. The molecular formula is C19H15N5O6. The van der Waals surface area contributed by atoms with E-state index in [1.165, 1.54) is 18.2 Å². The van der Waals surface area contributed by atoms with Gasteiger partial charge in [0.25, 0.3) is 11.6 Å². The molecule has 0 fully saturated rings. The molecule has 152 valence electrons. The van der Waals surface area contributed by atoms with Crippen LogP contribution in [0.15, 0.2) is 47.0 Å². The van der Waals surface area contributed by atoms with Crippen molar-refractivity contribution in [2.45, 2.75) is 6.92 Å². The number of para-hydroxylation sites is 1. The number of ether oxygens (including phenoxy) is 1. The zero-order valence-electron chi connectivity index (χ0n) is 15.7. The molecule has 0 spiro atoms. The van der Waals surface area contributed by atoms with Gasteiger partial charge in [0.1, 0.15) is 12.3 Å². The zero-order chi connectivity index (χ0) is 21.3. The van der Waals surface area contributed by atoms with Crippen LogP contribution in [0.5, 0.6) is 5.75 Å². The number of rotatable bonds is 5. The van der Waals surface area contributed by atoms with Crippen molar-refractivity contribution in [2.24, 2.45) is 0 Å². The number of hydrogen-bond acceptors (Lipinski definition) is 8. The second-order valence-electron chi connectivity index (χ2n) is 6.41. The van der Waals surface area contributed by atoms with Crippen LogP contribution in [0.3, 0.4) is 0 Å². The summed E-state index contributed by atoms with van der Waals surface area (Å²) in [4.78, 5) is 40.8. The minimum atomic E-state index is -0.583. The van der Waals surface area contributed by atoms with Crippen molar-refractivity contribution >= 4 is 28.9 Å². The SMILES string of the molecule is Cc1nc(-c2ccccc2NC(=O)CN2C(=O)COc3ccc([N+](=O)[O-])cc32)no1. The van der Waals surface area contributed by atoms with Crippen LogP contribution in [0.2, 0.25) is 0 Å². The van der Waals surface area contributed by atoms with Crippen molar-refractivity contribution in [3.05, 3.63) is 58.5 Å². The number of non-ortho nitro benzene ring substituents is 1. The van der Waals surface area contributed by atoms with E-state index in [2.05, 4.69) is 15.5 Å². The Morgan fingerprint density at radius 2 is 2.10 bits per heavy atom. The lowest BCUT2D eigenvalue weighted by Crippen LogP contribution is -2.43. The van der Waals surface area contributed by atoms with Crippen molar-refractivity contribution in [3.63, 3.8) is 0 Å². The van der Waals surface area contributed by atoms with Crippen molar-refractivity contribution in [1.82, 2.24) is 10.1 Å². The Morgan fingerprint density at radius 3 is 2.83 bits per heavy atom. The number of carbonyl (C=O) groups excluding carboxylic acids is 2. The largest absolute Gasteiger partial charge is 0.482 e. The monoisotopic (exact) mass is 409 g/mol. The summed E-state index contributed by atoms with van der Waals surface area (Å²) in [5, 5.41) is 17.7. The van der Waals surface area contributed by atoms with E-state index in [0.29, 0.717) is 23.0 Å². The number of nitro benzene ring substituents is 1. The van der Waals surface area contributed by atoms with E-state index < -0.39 is 16.7 Å². The molecule has 0 aliphatic carbocycles. The first kappa shape index (κ1) is 19.1. The Kier molecular flexibility index (Phi) is 4.84. The number of fused-ring (bicyclic) bond motifs is 1. The summed E-state index contributed by atoms with van der Waals surface area (Å²) in [6, 6.07) is 10.8. The van der Waals surface area contributed by atoms with Crippen LogP contribution in [0.1, 0.15) is 5.89 Å². The first-order valence-corrected chi connectivity index (χ1v) is 8.83. The zero-order valence-corrected chi connectivity index (χ0v) is 15.7. The molecular weight excluding hydrogens is 394 g/mol. The average Bonchev–Trinajstić information content (AvgIpc) is 3.16. The van der Waals surface area contributed by atoms with E-state index in [-0.39, 0.29) is 30.3 Å². The van der Waals surface area contributed by atoms with Gasteiger partial charge in [-0.05, 0) is 18.2 Å². The fraction of sp³-hybridized carbons (Fsp3) is 0.158. The van der Waals surface area contributed by atoms with Crippen LogP contribution in [0, 0.1) is 17.0 Å². The maximum absolute atomic E-state index is 12.7. The number of nitrogens with one attached hydrogen (secondary N) is 1. The number of nitrogens with zero attached hydrogens (tertiary/aromatic N) is 4. The molecule has 1 aliphatic heterocycles. The van der Waals surface area contributed by atoms with Gasteiger partial charge in [-0.15, -0.1) is 0 Å². The van der Waals surface area contributed by atoms with Crippen LogP contribution in [0.25, 0.3) is 11.4 Å². The van der Waals surface area contributed by atoms with Gasteiger partial charge >= 0.3 is 0 Å². The van der Waals surface area contributed by atoms with Gasteiger partial charge < -0.3 is 14.6 Å². The predicted molar refractivity (Wildman–Crippen MR) is 104 cm³/mol. The molecule has 1 aliphatic rings. The summed E-state index contributed by atoms with van der Waals surface area (Å²) in [6.07, 6.45) is 0. The van der Waals surface area contributed by atoms with E-state index in [1.54, 1.807) is 31.2 Å². The van der Waals surface area contributed by atoms with E-state index in [9.17, 15) is 19.7 Å². The second-order valence-corrected chi connectivity index (χ2v) is 6.41. The number of anilines is 2. The van der Waals surface area contributed by atoms with Crippen LogP contribution < -0.4 is 15.0 Å². The van der Waals surface area contributed by atoms with E-state index >= 15 is 0 Å². The molecule has 11 heteroatoms. The van der Waals surface area contributed by atoms with Crippen molar-refractivity contribution in [3.8, 4) is 17.1 Å². The minimum Gasteiger partial charge on any atom is -0.482 e. The number of nitro groups is 1. The maximum atomic E-state index is 12.7. The number of benzene rings is 2. The van der Waals surface area contributed by atoms with Gasteiger partial charge in [0, 0.05) is 24.6 Å². The van der Waals surface area contributed by atoms with Gasteiger partial charge in [-0.1, -0.05) is 17.3 Å². The number of aryl methyl sites for hydroxylation is 1. The molecule has 3 aromatic rings. The van der Waals surface area contributed by atoms with E-state index in [1.807, 2.05) is 0 Å². The molecule has 4 rings (SSSR count). The number of hydrogen-bond donors (Lipinski definition) is 1. The smallest absolute Gasteiger partial charge is 0.271 e. The lowest BCUT2D eigenvalue weighted by Gasteiger charge is -2.28. The third kappa shape index (κ3) is 3.68. The molecule has 11 nitrogen and oxygen atoms in total. The van der Waals surface area contributed by atoms with Crippen molar-refractivity contribution < 1.29 is 23.8 Å². The molecule has 30 heavy (non-hydrogen) atoms. The van der Waals surface area contributed by atoms with Gasteiger partial charge in [0.05, 0.1) is 16.3 Å². The van der Waals surface area contributed by atoms with Crippen LogP contribution in [-0.4, -0.2) is 40.0 Å². The summed E-state index contributed by atoms with van der Waals surface area (Å²) >= 11 is 0. The second kappa shape index (κ2) is 7.62. The predicted octanol–water partition coefficient (Wildman–Crippen LogP) is 2.32. The quantitative estimate of drug-likeness (QED) is 0.500. The van der Waals surface area contributed by atoms with Gasteiger partial charge in [-0.2, -0.15) is 4.98 Å². The summed E-state index contributed by atoms with van der Waals surface area (Å²) in [5.41, 5.74) is 0.934. The van der Waals surface area contributed by atoms with E-state index in [0.717, 1.165) is 4.90 Å². The molecule has 0 bridgehead atoms. The molecule has 0 atom stereocenters. The van der Waals surface area contributed by atoms with Crippen LogP contribution in [-0.2, 0) is 9.59 Å². The Balaban J connectivity index is 1.58. The Morgan fingerprint density at radius 1 is 1.30 bits per heavy atom. The highest BCUT2D eigenvalue weighted by Crippen LogP contribution is 2.35. The Hall–Kier alpha value is -4.28. The van der Waals surface area contributed by atoms with E-state index in [4.69, 9.17) is 9.26 Å². The van der Waals surface area contributed by atoms with Gasteiger partial charge in [0.15, 0.2) is 6.61 Å². The number of aromatic nitrogens is 2. The molecule has 0 unspecified atom stereocenters. The standard InChI is InChI=1S/C19H15N5O6/c1-11-20-19(22-30-11)13-4-2-3-5-14(13)21-17(25)9-23-15-8-12(24(27)28)6-7-16(15)29-10-18(23)26/h2-8H,9-10H2,1H3,(H,21,25). The van der Waals surface area contributed by atoms with Crippen molar-refractivity contribution in [1.29, 1.82) is 0 Å². The highest BCUT2D eigenvalue weighted by Gasteiger charge is 2.29. The molecule has 2 amide bonds. The summed E-state index contributed by atoms with van der Waals surface area (Å²) in [6.45, 7) is 1.03. The molecule has 1 aromatic heterocycles. The van der Waals surface area contributed by atoms with Gasteiger partial charge in [-0.3, -0.25) is 24.6 Å². The highest BCUT2D eigenvalue weighted by atomic mass is 16.6. The molecule has 1 N–H and O–H groups in total. The minimum absolute atomic E-state index is 0.165. The van der Waals surface area contributed by atoms with Gasteiger partial charge in [0.2, 0.25) is 17.6 Å². The number of carbonyl (C=O) groups is 2. The van der Waals surface area contributed by atoms with Crippen LogP contribution >= 0.6 is 0 Å². The first-order chi connectivity index (χ1) is 14.4. The maximum Gasteiger partial charge on any atom is 0.271 e. The Bertz CT molecular complexity index is 1160. The van der Waals surface area contributed by atoms with Gasteiger partial charge in [-0.25, -0.2) is 0 Å². The third-order valence-corrected chi connectivity index (χ3v) is 4.37. The topological polar surface area (TPSA) is 141 Å². The molecule has 0 saturated heterocycles. The Labute approximate surface area is 169 Å². The lowest BCUT2D eigenvalue weighted by molar-refractivity contribution is -0.384. The highest BCUT2D eigenvalue weighted by molar-refractivity contribution is 6.06. The molecule has 0 saturated carbocycles. The van der Waals surface area contributed by atoms with Crippen molar-refractivity contribution in [2.75, 3.05) is 23.4 Å². The molecule has 2 aromatic carbocycles.